The molecule has 2 heterocycles. The van der Waals surface area contributed by atoms with Gasteiger partial charge in [0.15, 0.2) is 0 Å². The van der Waals surface area contributed by atoms with E-state index < -0.39 is 0 Å². The van der Waals surface area contributed by atoms with Crippen molar-refractivity contribution in [1.82, 2.24) is 4.98 Å². The lowest BCUT2D eigenvalue weighted by atomic mass is 10.3. The second kappa shape index (κ2) is 1.49. The molecule has 2 heteroatoms. The fraction of sp³-hybridized carbons (Fsp3) is 0.167. The number of thioether (sulfide) groups is 1. The summed E-state index contributed by atoms with van der Waals surface area (Å²) in [6, 6.07) is 4.19. The third-order valence-electron chi connectivity index (χ3n) is 1.19. The van der Waals surface area contributed by atoms with E-state index in [1.54, 1.807) is 0 Å². The zero-order valence-corrected chi connectivity index (χ0v) is 5.11. The fourth-order valence-electron chi connectivity index (χ4n) is 0.776. The van der Waals surface area contributed by atoms with E-state index >= 15 is 0 Å². The van der Waals surface area contributed by atoms with Gasteiger partial charge in [-0.05, 0) is 17.7 Å². The van der Waals surface area contributed by atoms with Crippen LogP contribution in [0.15, 0.2) is 23.4 Å². The molecule has 2 bridgehead atoms. The van der Waals surface area contributed by atoms with Crippen LogP contribution < -0.4 is 0 Å². The molecule has 1 aromatic heterocycles. The Morgan fingerprint density at radius 1 is 1.62 bits per heavy atom. The number of pyridine rings is 1. The lowest BCUT2D eigenvalue weighted by Crippen LogP contribution is -1.69. The Morgan fingerprint density at radius 2 is 2.62 bits per heavy atom. The monoisotopic (exact) mass is 123 g/mol. The van der Waals surface area contributed by atoms with Crippen LogP contribution in [0.25, 0.3) is 0 Å². The number of aromatic nitrogens is 1. The molecule has 1 nitrogen and oxygen atoms in total. The minimum Gasteiger partial charge on any atom is -0.250 e. The topological polar surface area (TPSA) is 12.9 Å². The molecule has 0 aromatic carbocycles. The summed E-state index contributed by atoms with van der Waals surface area (Å²) in [6.07, 6.45) is 1.87. The Morgan fingerprint density at radius 3 is 3.38 bits per heavy atom. The van der Waals surface area contributed by atoms with Gasteiger partial charge in [-0.25, -0.2) is 4.98 Å². The number of hydrogen-bond donors (Lipinski definition) is 0. The molecule has 0 radical (unpaired) electrons. The summed E-state index contributed by atoms with van der Waals surface area (Å²) >= 11 is 1.81. The molecule has 40 valence electrons. The minimum atomic E-state index is 1.12. The smallest absolute Gasteiger partial charge is 0.0966 e. The molecule has 0 amide bonds. The van der Waals surface area contributed by atoms with Crippen molar-refractivity contribution in [1.29, 1.82) is 0 Å². The molecule has 0 fully saturated rings. The molecular formula is C6H5NS. The second-order valence-corrected chi connectivity index (χ2v) is 2.79. The maximum atomic E-state index is 4.11. The van der Waals surface area contributed by atoms with Gasteiger partial charge in [-0.2, -0.15) is 0 Å². The first kappa shape index (κ1) is 4.39. The van der Waals surface area contributed by atoms with Crippen molar-refractivity contribution in [3.63, 3.8) is 0 Å². The Bertz CT molecular complexity index is 190. The number of fused-ring (bicyclic) bond motifs is 2. The highest BCUT2D eigenvalue weighted by Crippen LogP contribution is 2.27. The van der Waals surface area contributed by atoms with Crippen LogP contribution in [0.5, 0.6) is 0 Å². The van der Waals surface area contributed by atoms with Crippen LogP contribution in [-0.4, -0.2) is 4.98 Å². The van der Waals surface area contributed by atoms with Crippen LogP contribution in [-0.2, 0) is 5.75 Å². The van der Waals surface area contributed by atoms with Gasteiger partial charge in [0.2, 0.25) is 0 Å². The second-order valence-electron chi connectivity index (χ2n) is 1.79. The standard InChI is InChI=1S/C6H5NS/c1-2-7-6-3-5(1)4-8-6/h1-3H,4H2. The zero-order valence-electron chi connectivity index (χ0n) is 4.29. The van der Waals surface area contributed by atoms with Gasteiger partial charge in [-0.1, -0.05) is 0 Å². The first-order chi connectivity index (χ1) is 3.95. The Hall–Kier alpha value is -0.500. The predicted molar refractivity (Wildman–Crippen MR) is 33.8 cm³/mol. The summed E-state index contributed by atoms with van der Waals surface area (Å²) in [5, 5.41) is 1.17. The molecule has 2 rings (SSSR count). The van der Waals surface area contributed by atoms with E-state index in [1.807, 2.05) is 18.0 Å². The first-order valence-corrected chi connectivity index (χ1v) is 3.51. The molecule has 1 aromatic rings. The molecular weight excluding hydrogens is 118 g/mol. The van der Waals surface area contributed by atoms with Crippen LogP contribution >= 0.6 is 11.8 Å². The number of rotatable bonds is 0. The van der Waals surface area contributed by atoms with Crippen molar-refractivity contribution in [2.75, 3.05) is 0 Å². The minimum absolute atomic E-state index is 1.12. The van der Waals surface area contributed by atoms with Gasteiger partial charge in [-0.15, -0.1) is 11.8 Å². The van der Waals surface area contributed by atoms with Crippen molar-refractivity contribution < 1.29 is 0 Å². The summed E-state index contributed by atoms with van der Waals surface area (Å²) in [5.74, 6) is 1.12. The molecule has 0 saturated carbocycles. The van der Waals surface area contributed by atoms with Gasteiger partial charge in [0.1, 0.15) is 0 Å². The Labute approximate surface area is 52.1 Å². The van der Waals surface area contributed by atoms with Crippen LogP contribution in [0, 0.1) is 0 Å². The quantitative estimate of drug-likeness (QED) is 0.520. The van der Waals surface area contributed by atoms with Gasteiger partial charge in [0.05, 0.1) is 5.03 Å². The normalized spacial score (nSPS) is 14.5. The van der Waals surface area contributed by atoms with Crippen LogP contribution in [0.4, 0.5) is 0 Å². The summed E-state index contributed by atoms with van der Waals surface area (Å²) in [7, 11) is 0. The van der Waals surface area contributed by atoms with E-state index in [-0.39, 0.29) is 0 Å². The molecule has 8 heavy (non-hydrogen) atoms. The van der Waals surface area contributed by atoms with E-state index in [1.165, 1.54) is 10.6 Å². The first-order valence-electron chi connectivity index (χ1n) is 2.53. The lowest BCUT2D eigenvalue weighted by Gasteiger charge is -1.80. The zero-order chi connectivity index (χ0) is 5.40. The average molecular weight is 123 g/mol. The Balaban J connectivity index is 2.66. The van der Waals surface area contributed by atoms with Gasteiger partial charge in [-0.3, -0.25) is 0 Å². The maximum absolute atomic E-state index is 4.11. The summed E-state index contributed by atoms with van der Waals surface area (Å²) in [4.78, 5) is 4.11. The third kappa shape index (κ3) is 0.530. The fourth-order valence-corrected chi connectivity index (χ4v) is 1.64. The number of nitrogens with zero attached hydrogens (tertiary/aromatic N) is 1. The summed E-state index contributed by atoms with van der Waals surface area (Å²) in [5.41, 5.74) is 1.40. The molecule has 0 unspecified atom stereocenters. The van der Waals surface area contributed by atoms with Crippen molar-refractivity contribution in [3.8, 4) is 0 Å². The van der Waals surface area contributed by atoms with Crippen LogP contribution in [0.1, 0.15) is 5.56 Å². The third-order valence-corrected chi connectivity index (χ3v) is 2.18. The molecule has 0 N–H and O–H groups in total. The largest absolute Gasteiger partial charge is 0.250 e. The van der Waals surface area contributed by atoms with Crippen molar-refractivity contribution in [3.05, 3.63) is 23.9 Å². The van der Waals surface area contributed by atoms with Crippen LogP contribution in [0.2, 0.25) is 0 Å². The lowest BCUT2D eigenvalue weighted by molar-refractivity contribution is 1.14. The van der Waals surface area contributed by atoms with Gasteiger partial charge in [0.25, 0.3) is 0 Å². The molecule has 0 aliphatic carbocycles. The molecule has 0 spiro atoms. The molecule has 0 atom stereocenters. The molecule has 1 aliphatic rings. The van der Waals surface area contributed by atoms with E-state index in [2.05, 4.69) is 17.1 Å². The van der Waals surface area contributed by atoms with E-state index in [4.69, 9.17) is 0 Å². The molecule has 0 saturated heterocycles. The SMILES string of the molecule is c1cc2cc(n1)SC2. The van der Waals surface area contributed by atoms with Gasteiger partial charge >= 0.3 is 0 Å². The Kier molecular flexibility index (Phi) is 0.815. The van der Waals surface area contributed by atoms with E-state index in [0.29, 0.717) is 0 Å². The average Bonchev–Trinajstić information content (AvgIpc) is 2.12. The van der Waals surface area contributed by atoms with Crippen molar-refractivity contribution in [2.24, 2.45) is 0 Å². The van der Waals surface area contributed by atoms with Gasteiger partial charge in [0, 0.05) is 11.9 Å². The predicted octanol–water partition coefficient (Wildman–Crippen LogP) is 1.69. The summed E-state index contributed by atoms with van der Waals surface area (Å²) in [6.45, 7) is 0. The van der Waals surface area contributed by atoms with E-state index in [9.17, 15) is 0 Å². The number of hydrogen-bond acceptors (Lipinski definition) is 2. The van der Waals surface area contributed by atoms with E-state index in [0.717, 1.165) is 5.75 Å². The van der Waals surface area contributed by atoms with Crippen LogP contribution in [0.3, 0.4) is 0 Å². The van der Waals surface area contributed by atoms with Crippen molar-refractivity contribution >= 4 is 11.8 Å². The summed E-state index contributed by atoms with van der Waals surface area (Å²) < 4.78 is 0. The van der Waals surface area contributed by atoms with Gasteiger partial charge < -0.3 is 0 Å². The highest BCUT2D eigenvalue weighted by atomic mass is 32.2. The maximum Gasteiger partial charge on any atom is 0.0966 e. The highest BCUT2D eigenvalue weighted by molar-refractivity contribution is 7.98. The highest BCUT2D eigenvalue weighted by Gasteiger charge is 2.05. The molecule has 1 aliphatic heterocycles. The van der Waals surface area contributed by atoms with Crippen molar-refractivity contribution in [2.45, 2.75) is 10.8 Å².